The Morgan fingerprint density at radius 1 is 1.09 bits per heavy atom. The van der Waals surface area contributed by atoms with Crippen molar-refractivity contribution in [3.63, 3.8) is 0 Å². The van der Waals surface area contributed by atoms with Crippen molar-refractivity contribution in [1.29, 1.82) is 0 Å². The minimum Gasteiger partial charge on any atom is -0.330 e. The summed E-state index contributed by atoms with van der Waals surface area (Å²) in [6, 6.07) is 16.1. The number of hydrogen-bond acceptors (Lipinski definition) is 1. The van der Waals surface area contributed by atoms with Crippen molar-refractivity contribution in [3.05, 3.63) is 77.9 Å². The van der Waals surface area contributed by atoms with Crippen LogP contribution in [0.4, 0.5) is 0 Å². The van der Waals surface area contributed by atoms with Gasteiger partial charge in [-0.05, 0) is 40.7 Å². The zero-order valence-corrected chi connectivity index (χ0v) is 12.9. The molecular formula is C20H20N2. The number of imidazole rings is 1. The van der Waals surface area contributed by atoms with Crippen LogP contribution in [0.5, 0.6) is 0 Å². The van der Waals surface area contributed by atoms with Gasteiger partial charge in [0.2, 0.25) is 0 Å². The van der Waals surface area contributed by atoms with Crippen molar-refractivity contribution in [2.24, 2.45) is 0 Å². The Labute approximate surface area is 131 Å². The number of aromatic nitrogens is 2. The Balaban J connectivity index is 1.74. The Hall–Kier alpha value is -2.35. The zero-order valence-electron chi connectivity index (χ0n) is 12.9. The first-order valence-electron chi connectivity index (χ1n) is 8.05. The fraction of sp³-hybridized carbons (Fsp3) is 0.250. The van der Waals surface area contributed by atoms with E-state index in [2.05, 4.69) is 65.1 Å². The monoisotopic (exact) mass is 288 g/mol. The third-order valence-electron chi connectivity index (χ3n) is 4.65. The van der Waals surface area contributed by atoms with Gasteiger partial charge in [0, 0.05) is 12.4 Å². The molecule has 0 aliphatic heterocycles. The standard InChI is InChI=1S/C20H20N2/c1-2-5-20(22-11-10-21-14-22)16-8-9-19-17(13-16)12-15-6-3-4-7-18(15)19/h3-4,6-11,13-14,20H,2,5,12H2,1H3. The van der Waals surface area contributed by atoms with Crippen molar-refractivity contribution in [3.8, 4) is 11.1 Å². The molecule has 0 saturated heterocycles. The molecule has 4 rings (SSSR count). The molecule has 0 spiro atoms. The summed E-state index contributed by atoms with van der Waals surface area (Å²) >= 11 is 0. The third kappa shape index (κ3) is 2.16. The zero-order chi connectivity index (χ0) is 14.9. The van der Waals surface area contributed by atoms with Gasteiger partial charge < -0.3 is 4.57 Å². The molecule has 1 unspecified atom stereocenters. The highest BCUT2D eigenvalue weighted by atomic mass is 15.0. The maximum absolute atomic E-state index is 4.22. The average molecular weight is 288 g/mol. The summed E-state index contributed by atoms with van der Waals surface area (Å²) in [6.07, 6.45) is 9.24. The number of hydrogen-bond donors (Lipinski definition) is 0. The van der Waals surface area contributed by atoms with Gasteiger partial charge in [-0.2, -0.15) is 0 Å². The van der Waals surface area contributed by atoms with Crippen LogP contribution in [-0.2, 0) is 6.42 Å². The molecule has 1 atom stereocenters. The lowest BCUT2D eigenvalue weighted by Gasteiger charge is -2.19. The first-order chi connectivity index (χ1) is 10.9. The lowest BCUT2D eigenvalue weighted by atomic mass is 9.97. The summed E-state index contributed by atoms with van der Waals surface area (Å²) < 4.78 is 2.23. The van der Waals surface area contributed by atoms with Gasteiger partial charge in [0.05, 0.1) is 12.4 Å². The second-order valence-corrected chi connectivity index (χ2v) is 6.06. The van der Waals surface area contributed by atoms with E-state index in [-0.39, 0.29) is 0 Å². The molecular weight excluding hydrogens is 268 g/mol. The van der Waals surface area contributed by atoms with E-state index in [1.165, 1.54) is 34.2 Å². The van der Waals surface area contributed by atoms with Crippen molar-refractivity contribution >= 4 is 0 Å². The number of nitrogens with zero attached hydrogens (tertiary/aromatic N) is 2. The lowest BCUT2D eigenvalue weighted by molar-refractivity contribution is 0.532. The third-order valence-corrected chi connectivity index (χ3v) is 4.65. The van der Waals surface area contributed by atoms with Gasteiger partial charge in [0.25, 0.3) is 0 Å². The number of benzene rings is 2. The molecule has 1 aromatic heterocycles. The molecule has 2 nitrogen and oxygen atoms in total. The fourth-order valence-corrected chi connectivity index (χ4v) is 3.59. The molecule has 1 aliphatic rings. The first-order valence-corrected chi connectivity index (χ1v) is 8.05. The summed E-state index contributed by atoms with van der Waals surface area (Å²) in [7, 11) is 0. The fourth-order valence-electron chi connectivity index (χ4n) is 3.59. The molecule has 0 fully saturated rings. The molecule has 0 bridgehead atoms. The van der Waals surface area contributed by atoms with E-state index >= 15 is 0 Å². The first kappa shape index (κ1) is 13.3. The van der Waals surface area contributed by atoms with Crippen LogP contribution in [0.15, 0.2) is 61.2 Å². The highest BCUT2D eigenvalue weighted by molar-refractivity contribution is 5.77. The van der Waals surface area contributed by atoms with E-state index in [0.29, 0.717) is 6.04 Å². The molecule has 1 heterocycles. The summed E-state index contributed by atoms with van der Waals surface area (Å²) in [6.45, 7) is 2.24. The van der Waals surface area contributed by atoms with Crippen molar-refractivity contribution in [2.45, 2.75) is 32.2 Å². The number of fused-ring (bicyclic) bond motifs is 3. The number of rotatable bonds is 4. The molecule has 3 aromatic rings. The van der Waals surface area contributed by atoms with Gasteiger partial charge in [-0.1, -0.05) is 55.8 Å². The van der Waals surface area contributed by atoms with E-state index < -0.39 is 0 Å². The van der Waals surface area contributed by atoms with Crippen LogP contribution >= 0.6 is 0 Å². The van der Waals surface area contributed by atoms with E-state index in [4.69, 9.17) is 0 Å². The summed E-state index contributed by atoms with van der Waals surface area (Å²) in [5.74, 6) is 0. The van der Waals surface area contributed by atoms with Crippen LogP contribution in [0.2, 0.25) is 0 Å². The maximum Gasteiger partial charge on any atom is 0.0951 e. The highest BCUT2D eigenvalue weighted by Crippen LogP contribution is 2.38. The van der Waals surface area contributed by atoms with Gasteiger partial charge in [-0.25, -0.2) is 4.98 Å². The second kappa shape index (κ2) is 5.45. The Kier molecular flexibility index (Phi) is 3.30. The van der Waals surface area contributed by atoms with E-state index in [1.807, 2.05) is 12.5 Å². The van der Waals surface area contributed by atoms with Crippen LogP contribution in [0.3, 0.4) is 0 Å². The quantitative estimate of drug-likeness (QED) is 0.525. The largest absolute Gasteiger partial charge is 0.330 e. The van der Waals surface area contributed by atoms with Crippen LogP contribution in [-0.4, -0.2) is 9.55 Å². The Morgan fingerprint density at radius 2 is 1.95 bits per heavy atom. The highest BCUT2D eigenvalue weighted by Gasteiger charge is 2.20. The van der Waals surface area contributed by atoms with Gasteiger partial charge in [0.1, 0.15) is 0 Å². The summed E-state index contributed by atoms with van der Waals surface area (Å²) in [4.78, 5) is 4.22. The molecule has 2 heteroatoms. The van der Waals surface area contributed by atoms with Gasteiger partial charge in [-0.15, -0.1) is 0 Å². The molecule has 0 N–H and O–H groups in total. The molecule has 2 aromatic carbocycles. The predicted molar refractivity (Wildman–Crippen MR) is 90.0 cm³/mol. The summed E-state index contributed by atoms with van der Waals surface area (Å²) in [5, 5.41) is 0. The van der Waals surface area contributed by atoms with Crippen LogP contribution < -0.4 is 0 Å². The normalized spacial score (nSPS) is 13.7. The van der Waals surface area contributed by atoms with Gasteiger partial charge in [0.15, 0.2) is 0 Å². The predicted octanol–water partition coefficient (Wildman–Crippen LogP) is 4.84. The lowest BCUT2D eigenvalue weighted by Crippen LogP contribution is -2.09. The minimum atomic E-state index is 0.390. The Morgan fingerprint density at radius 3 is 2.77 bits per heavy atom. The molecule has 110 valence electrons. The van der Waals surface area contributed by atoms with Crippen LogP contribution in [0.25, 0.3) is 11.1 Å². The molecule has 0 radical (unpaired) electrons. The summed E-state index contributed by atoms with van der Waals surface area (Å²) in [5.41, 5.74) is 7.11. The SMILES string of the molecule is CCCC(c1ccc2c(c1)Cc1ccccc1-2)n1ccnc1. The Bertz CT molecular complexity index is 787. The second-order valence-electron chi connectivity index (χ2n) is 6.06. The topological polar surface area (TPSA) is 17.8 Å². The van der Waals surface area contributed by atoms with Crippen molar-refractivity contribution in [2.75, 3.05) is 0 Å². The maximum atomic E-state index is 4.22. The molecule has 22 heavy (non-hydrogen) atoms. The van der Waals surface area contributed by atoms with E-state index in [0.717, 1.165) is 12.8 Å². The van der Waals surface area contributed by atoms with Gasteiger partial charge in [-0.3, -0.25) is 0 Å². The average Bonchev–Trinajstić information content (AvgIpc) is 3.19. The minimum absolute atomic E-state index is 0.390. The van der Waals surface area contributed by atoms with Crippen molar-refractivity contribution < 1.29 is 0 Å². The van der Waals surface area contributed by atoms with E-state index in [9.17, 15) is 0 Å². The molecule has 0 amide bonds. The van der Waals surface area contributed by atoms with Crippen LogP contribution in [0.1, 0.15) is 42.5 Å². The molecule has 0 saturated carbocycles. The van der Waals surface area contributed by atoms with Crippen molar-refractivity contribution in [1.82, 2.24) is 9.55 Å². The van der Waals surface area contributed by atoms with Gasteiger partial charge >= 0.3 is 0 Å². The van der Waals surface area contributed by atoms with Crippen LogP contribution in [0, 0.1) is 0 Å². The molecule has 1 aliphatic carbocycles. The van der Waals surface area contributed by atoms with E-state index in [1.54, 1.807) is 0 Å². The smallest absolute Gasteiger partial charge is 0.0951 e.